The van der Waals surface area contributed by atoms with Crippen molar-refractivity contribution in [1.82, 2.24) is 9.80 Å². The minimum atomic E-state index is -0.503. The van der Waals surface area contributed by atoms with E-state index in [1.54, 1.807) is 0 Å². The van der Waals surface area contributed by atoms with Crippen LogP contribution in [0.4, 0.5) is 0 Å². The number of amides is 1. The fraction of sp³-hybridized carbons (Fsp3) is 0.571. The third-order valence-corrected chi connectivity index (χ3v) is 5.59. The number of rotatable bonds is 5. The summed E-state index contributed by atoms with van der Waals surface area (Å²) in [5.74, 6) is 3.08. The zero-order valence-corrected chi connectivity index (χ0v) is 14.8. The lowest BCUT2D eigenvalue weighted by Crippen LogP contribution is -2.44. The number of benzene rings is 1. The molecule has 1 aromatic carbocycles. The lowest BCUT2D eigenvalue weighted by Gasteiger charge is -2.34. The Labute approximate surface area is 150 Å². The van der Waals surface area contributed by atoms with Crippen molar-refractivity contribution in [3.8, 4) is 12.3 Å². The van der Waals surface area contributed by atoms with Gasteiger partial charge in [-0.25, -0.2) is 0 Å². The largest absolute Gasteiger partial charge is 0.388 e. The Morgan fingerprint density at radius 3 is 2.60 bits per heavy atom. The van der Waals surface area contributed by atoms with Gasteiger partial charge in [-0.3, -0.25) is 9.69 Å². The first-order chi connectivity index (χ1) is 12.2. The molecule has 4 heteroatoms. The van der Waals surface area contributed by atoms with Crippen LogP contribution in [0.5, 0.6) is 0 Å². The predicted octanol–water partition coefficient (Wildman–Crippen LogP) is 2.45. The number of nitrogens with zero attached hydrogens (tertiary/aromatic N) is 2. The topological polar surface area (TPSA) is 43.8 Å². The number of aliphatic hydroxyl groups excluding tert-OH is 1. The Bertz CT molecular complexity index is 602. The first-order valence-electron chi connectivity index (χ1n) is 9.38. The lowest BCUT2D eigenvalue weighted by molar-refractivity contribution is -0.138. The van der Waals surface area contributed by atoms with Crippen LogP contribution in [0.3, 0.4) is 0 Å². The molecule has 2 aliphatic heterocycles. The van der Waals surface area contributed by atoms with Crippen LogP contribution in [0.1, 0.15) is 43.8 Å². The molecule has 2 saturated heterocycles. The first-order valence-corrected chi connectivity index (χ1v) is 9.38. The summed E-state index contributed by atoms with van der Waals surface area (Å²) >= 11 is 0. The molecule has 134 valence electrons. The molecule has 0 aromatic heterocycles. The Morgan fingerprint density at radius 1 is 1.20 bits per heavy atom. The van der Waals surface area contributed by atoms with Crippen molar-refractivity contribution in [1.29, 1.82) is 0 Å². The highest BCUT2D eigenvalue weighted by molar-refractivity contribution is 5.79. The molecule has 0 spiro atoms. The molecule has 0 radical (unpaired) electrons. The quantitative estimate of drug-likeness (QED) is 0.838. The van der Waals surface area contributed by atoms with Crippen LogP contribution >= 0.6 is 0 Å². The molecule has 2 aliphatic rings. The van der Waals surface area contributed by atoms with E-state index in [4.69, 9.17) is 6.42 Å². The van der Waals surface area contributed by atoms with E-state index < -0.39 is 6.10 Å². The van der Waals surface area contributed by atoms with Crippen LogP contribution in [0.2, 0.25) is 0 Å². The number of likely N-dealkylation sites (tertiary alicyclic amines) is 2. The summed E-state index contributed by atoms with van der Waals surface area (Å²) in [5.41, 5.74) is 0.935. The monoisotopic (exact) mass is 340 g/mol. The number of terminal acetylenes is 1. The number of hydrogen-bond acceptors (Lipinski definition) is 3. The summed E-state index contributed by atoms with van der Waals surface area (Å²) in [6, 6.07) is 9.90. The highest BCUT2D eigenvalue weighted by Gasteiger charge is 2.35. The molecule has 2 fully saturated rings. The van der Waals surface area contributed by atoms with Gasteiger partial charge in [-0.2, -0.15) is 0 Å². The highest BCUT2D eigenvalue weighted by Crippen LogP contribution is 2.30. The van der Waals surface area contributed by atoms with Gasteiger partial charge in [0.1, 0.15) is 0 Å². The maximum Gasteiger partial charge on any atom is 0.226 e. The summed E-state index contributed by atoms with van der Waals surface area (Å²) in [7, 11) is 0. The first kappa shape index (κ1) is 18.0. The number of piperidine rings is 1. The van der Waals surface area contributed by atoms with E-state index in [1.807, 2.05) is 35.2 Å². The minimum Gasteiger partial charge on any atom is -0.388 e. The normalized spacial score (nSPS) is 23.4. The fourth-order valence-electron chi connectivity index (χ4n) is 4.14. The molecule has 4 nitrogen and oxygen atoms in total. The van der Waals surface area contributed by atoms with Gasteiger partial charge in [-0.1, -0.05) is 36.3 Å². The number of aliphatic hydroxyl groups is 1. The van der Waals surface area contributed by atoms with Crippen molar-refractivity contribution in [3.05, 3.63) is 35.9 Å². The van der Waals surface area contributed by atoms with E-state index in [0.29, 0.717) is 13.0 Å². The Hall–Kier alpha value is -1.83. The Kier molecular flexibility index (Phi) is 6.12. The average Bonchev–Trinajstić information content (AvgIpc) is 3.11. The van der Waals surface area contributed by atoms with E-state index in [-0.39, 0.29) is 17.9 Å². The second-order valence-electron chi connectivity index (χ2n) is 7.24. The molecule has 0 aliphatic carbocycles. The molecule has 0 bridgehead atoms. The van der Waals surface area contributed by atoms with Crippen molar-refractivity contribution in [3.63, 3.8) is 0 Å². The molecule has 1 aromatic rings. The maximum atomic E-state index is 13.0. The summed E-state index contributed by atoms with van der Waals surface area (Å²) < 4.78 is 0. The highest BCUT2D eigenvalue weighted by atomic mass is 16.3. The third-order valence-electron chi connectivity index (χ3n) is 5.59. The summed E-state index contributed by atoms with van der Waals surface area (Å²) in [6.45, 7) is 3.32. The molecule has 25 heavy (non-hydrogen) atoms. The van der Waals surface area contributed by atoms with Crippen LogP contribution in [-0.2, 0) is 4.79 Å². The van der Waals surface area contributed by atoms with E-state index in [1.165, 1.54) is 0 Å². The van der Waals surface area contributed by atoms with Crippen LogP contribution in [0.15, 0.2) is 30.3 Å². The van der Waals surface area contributed by atoms with Gasteiger partial charge in [0.15, 0.2) is 0 Å². The van der Waals surface area contributed by atoms with Gasteiger partial charge in [0.2, 0.25) is 5.91 Å². The van der Waals surface area contributed by atoms with Gasteiger partial charge >= 0.3 is 0 Å². The van der Waals surface area contributed by atoms with Gasteiger partial charge in [-0.05, 0) is 50.8 Å². The molecule has 2 unspecified atom stereocenters. The zero-order valence-electron chi connectivity index (χ0n) is 14.8. The molecule has 1 amide bonds. The molecular weight excluding hydrogens is 312 g/mol. The van der Waals surface area contributed by atoms with Crippen molar-refractivity contribution < 1.29 is 9.90 Å². The van der Waals surface area contributed by atoms with Crippen LogP contribution in [-0.4, -0.2) is 53.0 Å². The molecule has 2 atom stereocenters. The van der Waals surface area contributed by atoms with Gasteiger partial charge in [0.25, 0.3) is 0 Å². The molecule has 1 N–H and O–H groups in total. The summed E-state index contributed by atoms with van der Waals surface area (Å²) in [5, 5.41) is 10.5. The minimum absolute atomic E-state index is 0.114. The van der Waals surface area contributed by atoms with Crippen molar-refractivity contribution >= 4 is 5.91 Å². The van der Waals surface area contributed by atoms with Crippen molar-refractivity contribution in [2.24, 2.45) is 5.92 Å². The molecule has 3 rings (SSSR count). The van der Waals surface area contributed by atoms with E-state index in [2.05, 4.69) is 10.8 Å². The zero-order chi connectivity index (χ0) is 17.6. The van der Waals surface area contributed by atoms with E-state index >= 15 is 0 Å². The lowest BCUT2D eigenvalue weighted by atomic mass is 9.94. The van der Waals surface area contributed by atoms with Crippen molar-refractivity contribution in [2.45, 2.75) is 44.2 Å². The molecule has 2 heterocycles. The number of carbonyl (C=O) groups is 1. The smallest absolute Gasteiger partial charge is 0.226 e. The average molecular weight is 340 g/mol. The van der Waals surface area contributed by atoms with Crippen LogP contribution in [0.25, 0.3) is 0 Å². The maximum absolute atomic E-state index is 13.0. The standard InChI is InChI=1S/C21H28N2O2/c1-2-12-22-14-10-18(11-15-22)21(25)23-13-6-9-19(23)16-20(24)17-7-4-3-5-8-17/h1,3-5,7-8,18-20,24H,6,9-16H2. The molecule has 0 saturated carbocycles. The SMILES string of the molecule is C#CCN1CCC(C(=O)N2CCCC2CC(O)c2ccccc2)CC1. The summed E-state index contributed by atoms with van der Waals surface area (Å²) in [4.78, 5) is 17.3. The number of hydrogen-bond donors (Lipinski definition) is 1. The third kappa shape index (κ3) is 4.42. The number of carbonyl (C=O) groups excluding carboxylic acids is 1. The second kappa shape index (κ2) is 8.51. The van der Waals surface area contributed by atoms with Gasteiger partial charge in [0, 0.05) is 18.5 Å². The van der Waals surface area contributed by atoms with Gasteiger partial charge < -0.3 is 10.0 Å². The Balaban J connectivity index is 1.56. The Morgan fingerprint density at radius 2 is 1.92 bits per heavy atom. The van der Waals surface area contributed by atoms with Crippen molar-refractivity contribution in [2.75, 3.05) is 26.2 Å². The fourth-order valence-corrected chi connectivity index (χ4v) is 4.14. The second-order valence-corrected chi connectivity index (χ2v) is 7.24. The van der Waals surface area contributed by atoms with Crippen LogP contribution in [0, 0.1) is 18.3 Å². The predicted molar refractivity (Wildman–Crippen MR) is 98.8 cm³/mol. The molecular formula is C21H28N2O2. The van der Waals surface area contributed by atoms with Gasteiger partial charge in [-0.15, -0.1) is 6.42 Å². The summed E-state index contributed by atoms with van der Waals surface area (Å²) in [6.07, 6.45) is 9.32. The van der Waals surface area contributed by atoms with E-state index in [9.17, 15) is 9.90 Å². The van der Waals surface area contributed by atoms with Crippen LogP contribution < -0.4 is 0 Å². The van der Waals surface area contributed by atoms with Gasteiger partial charge in [0.05, 0.1) is 12.6 Å². The van der Waals surface area contributed by atoms with E-state index in [0.717, 1.165) is 50.9 Å².